The smallest absolute Gasteiger partial charge is 0.410 e. The highest BCUT2D eigenvalue weighted by molar-refractivity contribution is 6.00. The number of hydrogen-bond donors (Lipinski definition) is 1. The molecule has 1 N–H and O–H groups in total. The summed E-state index contributed by atoms with van der Waals surface area (Å²) in [7, 11) is 1.08. The van der Waals surface area contributed by atoms with E-state index in [1.165, 1.54) is 6.92 Å². The van der Waals surface area contributed by atoms with Gasteiger partial charge in [0.1, 0.15) is 12.1 Å². The summed E-state index contributed by atoms with van der Waals surface area (Å²) in [5.74, 6) is -1.48. The minimum absolute atomic E-state index is 0.0320. The van der Waals surface area contributed by atoms with E-state index in [0.29, 0.717) is 0 Å². The summed E-state index contributed by atoms with van der Waals surface area (Å²) in [6, 6.07) is 9.75. The third-order valence-electron chi connectivity index (χ3n) is 5.40. The number of pyridine rings is 1. The van der Waals surface area contributed by atoms with Gasteiger partial charge in [-0.2, -0.15) is 0 Å². The lowest BCUT2D eigenvalue weighted by molar-refractivity contribution is -0.114. The van der Waals surface area contributed by atoms with E-state index in [9.17, 15) is 28.0 Å². The quantitative estimate of drug-likeness (QED) is 0.660. The van der Waals surface area contributed by atoms with Gasteiger partial charge < -0.3 is 24.3 Å². The topological polar surface area (TPSA) is 107 Å². The van der Waals surface area contributed by atoms with Crippen molar-refractivity contribution in [3.63, 3.8) is 0 Å². The predicted octanol–water partition coefficient (Wildman–Crippen LogP) is 2.60. The van der Waals surface area contributed by atoms with Gasteiger partial charge in [0, 0.05) is 25.7 Å². The van der Waals surface area contributed by atoms with E-state index in [1.54, 1.807) is 30.3 Å². The Morgan fingerprint density at radius 3 is 2.52 bits per heavy atom. The Balaban J connectivity index is 1.90. The van der Waals surface area contributed by atoms with Crippen molar-refractivity contribution in [3.05, 3.63) is 64.1 Å². The monoisotopic (exact) mass is 463 g/mol. The second kappa shape index (κ2) is 9.80. The number of methoxy groups -OCH3 is 1. The Kier molecular flexibility index (Phi) is 7.10. The molecule has 1 saturated heterocycles. The molecule has 0 saturated carbocycles. The minimum Gasteiger partial charge on any atom is -0.465 e. The molecule has 1 unspecified atom stereocenters. The van der Waals surface area contributed by atoms with Gasteiger partial charge in [-0.05, 0) is 12.0 Å². The van der Waals surface area contributed by atoms with Gasteiger partial charge in [-0.25, -0.2) is 18.4 Å². The van der Waals surface area contributed by atoms with E-state index in [0.717, 1.165) is 34.4 Å². The number of benzene rings is 1. The van der Waals surface area contributed by atoms with Crippen molar-refractivity contribution in [1.29, 1.82) is 0 Å². The third-order valence-corrected chi connectivity index (χ3v) is 5.40. The maximum Gasteiger partial charge on any atom is 0.410 e. The van der Waals surface area contributed by atoms with Crippen molar-refractivity contribution in [2.75, 3.05) is 25.5 Å². The van der Waals surface area contributed by atoms with Crippen LogP contribution in [0.3, 0.4) is 0 Å². The Morgan fingerprint density at radius 2 is 1.91 bits per heavy atom. The molecule has 0 radical (unpaired) electrons. The Morgan fingerprint density at radius 1 is 1.21 bits per heavy atom. The van der Waals surface area contributed by atoms with Crippen molar-refractivity contribution >= 4 is 23.7 Å². The van der Waals surface area contributed by atoms with Gasteiger partial charge >= 0.3 is 12.1 Å². The predicted molar refractivity (Wildman–Crippen MR) is 113 cm³/mol. The van der Waals surface area contributed by atoms with E-state index in [4.69, 9.17) is 4.74 Å². The van der Waals surface area contributed by atoms with Gasteiger partial charge in [0.15, 0.2) is 0 Å². The van der Waals surface area contributed by atoms with Gasteiger partial charge in [0.25, 0.3) is 12.0 Å². The lowest BCUT2D eigenvalue weighted by Gasteiger charge is -2.31. The first-order chi connectivity index (χ1) is 15.7. The number of nitrogens with one attached hydrogen (secondary N) is 1. The summed E-state index contributed by atoms with van der Waals surface area (Å²) in [4.78, 5) is 50.0. The van der Waals surface area contributed by atoms with Crippen LogP contribution < -0.4 is 10.9 Å². The SMILES string of the molecule is COC(=O)c1cn(C2(C(F)F)CCN(C(=O)OCc3ccccc3)C2)c(=O)cc1NC(C)=O. The van der Waals surface area contributed by atoms with Crippen LogP contribution in [0.2, 0.25) is 0 Å². The molecule has 1 aliphatic heterocycles. The molecular weight excluding hydrogens is 440 g/mol. The fourth-order valence-electron chi connectivity index (χ4n) is 3.71. The van der Waals surface area contributed by atoms with Gasteiger partial charge in [-0.15, -0.1) is 0 Å². The third kappa shape index (κ3) is 5.02. The molecule has 3 rings (SSSR count). The first-order valence-electron chi connectivity index (χ1n) is 10.0. The molecule has 0 bridgehead atoms. The Labute approximate surface area is 187 Å². The second-order valence-electron chi connectivity index (χ2n) is 7.60. The number of hydrogen-bond acceptors (Lipinski definition) is 6. The minimum atomic E-state index is -3.04. The van der Waals surface area contributed by atoms with Crippen molar-refractivity contribution in [1.82, 2.24) is 9.47 Å². The zero-order chi connectivity index (χ0) is 24.2. The zero-order valence-electron chi connectivity index (χ0n) is 18.0. The molecule has 33 heavy (non-hydrogen) atoms. The largest absolute Gasteiger partial charge is 0.465 e. The summed E-state index contributed by atoms with van der Waals surface area (Å²) in [5.41, 5.74) is -2.64. The number of carbonyl (C=O) groups is 3. The van der Waals surface area contributed by atoms with E-state index >= 15 is 0 Å². The number of anilines is 1. The number of aromatic nitrogens is 1. The number of alkyl halides is 2. The molecule has 176 valence electrons. The van der Waals surface area contributed by atoms with Gasteiger partial charge in [-0.1, -0.05) is 30.3 Å². The summed E-state index contributed by atoms with van der Waals surface area (Å²) in [6.07, 6.45) is -3.15. The van der Waals surface area contributed by atoms with Crippen molar-refractivity contribution < 1.29 is 32.6 Å². The van der Waals surface area contributed by atoms with Gasteiger partial charge in [0.05, 0.1) is 24.9 Å². The summed E-state index contributed by atoms with van der Waals surface area (Å²) in [6.45, 7) is 0.558. The number of carbonyl (C=O) groups excluding carboxylic acids is 3. The van der Waals surface area contributed by atoms with Crippen LogP contribution in [-0.4, -0.2) is 54.1 Å². The van der Waals surface area contributed by atoms with E-state index in [2.05, 4.69) is 10.1 Å². The summed E-state index contributed by atoms with van der Waals surface area (Å²) in [5, 5.41) is 2.32. The van der Waals surface area contributed by atoms with Crippen LogP contribution in [0.15, 0.2) is 47.4 Å². The number of amides is 2. The number of rotatable bonds is 6. The maximum absolute atomic E-state index is 14.3. The van der Waals surface area contributed by atoms with Crippen LogP contribution in [0.4, 0.5) is 19.3 Å². The highest BCUT2D eigenvalue weighted by Crippen LogP contribution is 2.35. The van der Waals surface area contributed by atoms with E-state index in [1.807, 2.05) is 0 Å². The lowest BCUT2D eigenvalue weighted by atomic mass is 9.98. The first kappa shape index (κ1) is 23.9. The highest BCUT2D eigenvalue weighted by Gasteiger charge is 2.50. The molecule has 2 aromatic rings. The van der Waals surface area contributed by atoms with Crippen LogP contribution in [0, 0.1) is 0 Å². The molecule has 9 nitrogen and oxygen atoms in total. The first-order valence-corrected chi connectivity index (χ1v) is 10.0. The molecule has 11 heteroatoms. The molecule has 2 amide bonds. The highest BCUT2D eigenvalue weighted by atomic mass is 19.3. The molecule has 0 aliphatic carbocycles. The van der Waals surface area contributed by atoms with Crippen molar-refractivity contribution in [2.45, 2.75) is 31.9 Å². The van der Waals surface area contributed by atoms with Gasteiger partial charge in [-0.3, -0.25) is 9.59 Å². The Bertz CT molecular complexity index is 1110. The molecule has 1 aromatic heterocycles. The Hall–Kier alpha value is -3.76. The second-order valence-corrected chi connectivity index (χ2v) is 7.60. The normalized spacial score (nSPS) is 17.7. The van der Waals surface area contributed by atoms with Crippen LogP contribution in [-0.2, 0) is 26.4 Å². The fraction of sp³-hybridized carbons (Fsp3) is 0.364. The van der Waals surface area contributed by atoms with Crippen molar-refractivity contribution in [2.24, 2.45) is 0 Å². The molecule has 1 aliphatic rings. The zero-order valence-corrected chi connectivity index (χ0v) is 18.0. The van der Waals surface area contributed by atoms with Crippen LogP contribution in [0.5, 0.6) is 0 Å². The molecular formula is C22H23F2N3O6. The maximum atomic E-state index is 14.3. The summed E-state index contributed by atoms with van der Waals surface area (Å²) < 4.78 is 39.3. The van der Waals surface area contributed by atoms with Crippen molar-refractivity contribution in [3.8, 4) is 0 Å². The average Bonchev–Trinajstić information content (AvgIpc) is 3.24. The fourth-order valence-corrected chi connectivity index (χ4v) is 3.71. The van der Waals surface area contributed by atoms with E-state index in [-0.39, 0.29) is 30.8 Å². The van der Waals surface area contributed by atoms with Crippen LogP contribution >= 0.6 is 0 Å². The lowest BCUT2D eigenvalue weighted by Crippen LogP contribution is -2.49. The number of likely N-dealkylation sites (tertiary alicyclic amines) is 1. The standard InChI is InChI=1S/C22H23F2N3O6/c1-14(28)25-17-10-18(29)27(11-16(17)19(30)32-2)22(20(23)24)8-9-26(13-22)21(31)33-12-15-6-4-3-5-7-15/h3-7,10-11,20H,8-9,12-13H2,1-2H3,(H,25,28). The average molecular weight is 463 g/mol. The van der Waals surface area contributed by atoms with Gasteiger partial charge in [0.2, 0.25) is 5.91 Å². The number of nitrogens with zero attached hydrogens (tertiary/aromatic N) is 2. The van der Waals surface area contributed by atoms with E-state index < -0.39 is 42.0 Å². The summed E-state index contributed by atoms with van der Waals surface area (Å²) >= 11 is 0. The molecule has 1 atom stereocenters. The number of esters is 1. The number of halogens is 2. The molecule has 1 fully saturated rings. The van der Waals surface area contributed by atoms with Crippen LogP contribution in [0.1, 0.15) is 29.3 Å². The van der Waals surface area contributed by atoms with Crippen LogP contribution in [0.25, 0.3) is 0 Å². The molecule has 2 heterocycles. The number of ether oxygens (including phenoxy) is 2. The molecule has 1 aromatic carbocycles. The molecule has 0 spiro atoms.